The number of Topliss-reactive ketones (excluding diaryl/α,β-unsaturated/α-hetero) is 2. The smallest absolute Gasteiger partial charge is 0.188 e. The Kier molecular flexibility index (Phi) is 4.19. The van der Waals surface area contributed by atoms with Crippen molar-refractivity contribution < 1.29 is 14.3 Å². The van der Waals surface area contributed by atoms with Crippen molar-refractivity contribution in [2.75, 3.05) is 6.54 Å². The van der Waals surface area contributed by atoms with E-state index in [0.29, 0.717) is 12.3 Å². The van der Waals surface area contributed by atoms with Crippen LogP contribution in [0.15, 0.2) is 0 Å². The Morgan fingerprint density at radius 2 is 2.05 bits per heavy atom. The van der Waals surface area contributed by atoms with E-state index >= 15 is 0 Å². The normalized spacial score (nSPS) is 36.0. The summed E-state index contributed by atoms with van der Waals surface area (Å²) in [6.45, 7) is 0.825. The first-order chi connectivity index (χ1) is 9.66. The highest BCUT2D eigenvalue weighted by Gasteiger charge is 2.48. The van der Waals surface area contributed by atoms with Crippen LogP contribution in [0.5, 0.6) is 0 Å². The molecule has 3 aliphatic rings. The SMILES string of the molecule is NC(CC1CCCC1)C(=O)C1OC2CCCNC2C1=O. The van der Waals surface area contributed by atoms with Crippen LogP contribution in [0.4, 0.5) is 0 Å². The van der Waals surface area contributed by atoms with Crippen LogP contribution in [0, 0.1) is 5.92 Å². The average Bonchev–Trinajstić information content (AvgIpc) is 3.07. The van der Waals surface area contributed by atoms with Gasteiger partial charge in [-0.3, -0.25) is 9.59 Å². The highest BCUT2D eigenvalue weighted by Crippen LogP contribution is 2.30. The van der Waals surface area contributed by atoms with Gasteiger partial charge in [-0.05, 0) is 31.7 Å². The van der Waals surface area contributed by atoms with Crippen LogP contribution in [0.3, 0.4) is 0 Å². The van der Waals surface area contributed by atoms with Gasteiger partial charge in [-0.15, -0.1) is 0 Å². The average molecular weight is 280 g/mol. The molecule has 0 bridgehead atoms. The van der Waals surface area contributed by atoms with Crippen LogP contribution < -0.4 is 11.1 Å². The molecule has 2 saturated heterocycles. The highest BCUT2D eigenvalue weighted by atomic mass is 16.5. The third-order valence-electron chi connectivity index (χ3n) is 4.96. The molecular formula is C15H24N2O3. The van der Waals surface area contributed by atoms with Gasteiger partial charge in [0.1, 0.15) is 0 Å². The van der Waals surface area contributed by atoms with Gasteiger partial charge in [-0.2, -0.15) is 0 Å². The topological polar surface area (TPSA) is 81.4 Å². The lowest BCUT2D eigenvalue weighted by molar-refractivity contribution is -0.138. The fourth-order valence-electron chi connectivity index (χ4n) is 3.82. The minimum Gasteiger partial charge on any atom is -0.357 e. The molecular weight excluding hydrogens is 256 g/mol. The molecule has 4 atom stereocenters. The molecule has 0 aromatic carbocycles. The van der Waals surface area contributed by atoms with Crippen molar-refractivity contribution in [3.05, 3.63) is 0 Å². The summed E-state index contributed by atoms with van der Waals surface area (Å²) in [4.78, 5) is 24.6. The molecule has 20 heavy (non-hydrogen) atoms. The maximum absolute atomic E-state index is 12.4. The van der Waals surface area contributed by atoms with Gasteiger partial charge in [-0.25, -0.2) is 0 Å². The van der Waals surface area contributed by atoms with Crippen molar-refractivity contribution in [3.8, 4) is 0 Å². The third kappa shape index (κ3) is 2.67. The fourth-order valence-corrected chi connectivity index (χ4v) is 3.82. The van der Waals surface area contributed by atoms with Gasteiger partial charge in [0.2, 0.25) is 0 Å². The number of carbonyl (C=O) groups excluding carboxylic acids is 2. The van der Waals surface area contributed by atoms with Crippen molar-refractivity contribution in [3.63, 3.8) is 0 Å². The summed E-state index contributed by atoms with van der Waals surface area (Å²) in [5.41, 5.74) is 6.03. The summed E-state index contributed by atoms with van der Waals surface area (Å²) in [5.74, 6) is 0.227. The molecule has 0 radical (unpaired) electrons. The Morgan fingerprint density at radius 3 is 2.75 bits per heavy atom. The summed E-state index contributed by atoms with van der Waals surface area (Å²) in [6, 6.07) is -0.844. The van der Waals surface area contributed by atoms with Crippen LogP contribution in [0.25, 0.3) is 0 Å². The number of hydrogen-bond acceptors (Lipinski definition) is 5. The summed E-state index contributed by atoms with van der Waals surface area (Å²) in [6.07, 6.45) is 6.27. The predicted molar refractivity (Wildman–Crippen MR) is 74.3 cm³/mol. The molecule has 3 N–H and O–H groups in total. The molecule has 0 aromatic rings. The lowest BCUT2D eigenvalue weighted by Gasteiger charge is -2.23. The van der Waals surface area contributed by atoms with E-state index in [1.54, 1.807) is 0 Å². The van der Waals surface area contributed by atoms with Gasteiger partial charge < -0.3 is 15.8 Å². The van der Waals surface area contributed by atoms with Gasteiger partial charge in [0.25, 0.3) is 0 Å². The molecule has 4 unspecified atom stereocenters. The molecule has 0 aromatic heterocycles. The monoisotopic (exact) mass is 280 g/mol. The van der Waals surface area contributed by atoms with Gasteiger partial charge in [-0.1, -0.05) is 25.7 Å². The Morgan fingerprint density at radius 1 is 1.30 bits per heavy atom. The van der Waals surface area contributed by atoms with Crippen LogP contribution >= 0.6 is 0 Å². The molecule has 2 heterocycles. The maximum Gasteiger partial charge on any atom is 0.188 e. The predicted octanol–water partition coefficient (Wildman–Crippen LogP) is 0.552. The number of fused-ring (bicyclic) bond motifs is 1. The fraction of sp³-hybridized carbons (Fsp3) is 0.867. The van der Waals surface area contributed by atoms with Crippen LogP contribution in [0.2, 0.25) is 0 Å². The second-order valence-corrected chi connectivity index (χ2v) is 6.43. The molecule has 3 fully saturated rings. The van der Waals surface area contributed by atoms with Crippen LogP contribution in [0.1, 0.15) is 44.9 Å². The Hall–Kier alpha value is -0.780. The van der Waals surface area contributed by atoms with Gasteiger partial charge in [0.05, 0.1) is 18.2 Å². The largest absolute Gasteiger partial charge is 0.357 e. The Bertz CT molecular complexity index is 393. The zero-order valence-corrected chi connectivity index (χ0v) is 11.8. The summed E-state index contributed by atoms with van der Waals surface area (Å²) in [7, 11) is 0. The van der Waals surface area contributed by atoms with Gasteiger partial charge >= 0.3 is 0 Å². The highest BCUT2D eigenvalue weighted by molar-refractivity contribution is 6.10. The second-order valence-electron chi connectivity index (χ2n) is 6.43. The molecule has 5 nitrogen and oxygen atoms in total. The minimum absolute atomic E-state index is 0.110. The van der Waals surface area contributed by atoms with Crippen molar-refractivity contribution in [2.24, 2.45) is 11.7 Å². The van der Waals surface area contributed by atoms with Gasteiger partial charge in [0, 0.05) is 0 Å². The molecule has 0 spiro atoms. The van der Waals surface area contributed by atoms with E-state index < -0.39 is 12.1 Å². The number of nitrogens with one attached hydrogen (secondary N) is 1. The van der Waals surface area contributed by atoms with E-state index in [-0.39, 0.29) is 23.7 Å². The van der Waals surface area contributed by atoms with Crippen LogP contribution in [-0.4, -0.2) is 42.4 Å². The number of hydrogen-bond donors (Lipinski definition) is 2. The summed E-state index contributed by atoms with van der Waals surface area (Å²) in [5, 5.41) is 3.16. The van der Waals surface area contributed by atoms with E-state index in [1.165, 1.54) is 12.8 Å². The Balaban J connectivity index is 1.60. The number of ether oxygens (including phenoxy) is 1. The lowest BCUT2D eigenvalue weighted by Crippen LogP contribution is -2.48. The maximum atomic E-state index is 12.4. The standard InChI is InChI=1S/C15H24N2O3/c16-10(8-9-4-1-2-5-9)13(18)15-14(19)12-11(20-15)6-3-7-17-12/h9-12,15,17H,1-8,16H2. The second kappa shape index (κ2) is 5.92. The number of piperidine rings is 1. The van der Waals surface area contributed by atoms with Crippen molar-refractivity contribution >= 4 is 11.6 Å². The van der Waals surface area contributed by atoms with Crippen molar-refractivity contribution in [1.29, 1.82) is 0 Å². The third-order valence-corrected chi connectivity index (χ3v) is 4.96. The zero-order chi connectivity index (χ0) is 14.1. The van der Waals surface area contributed by atoms with Crippen molar-refractivity contribution in [1.82, 2.24) is 5.32 Å². The first-order valence-electron chi connectivity index (χ1n) is 7.88. The number of carbonyl (C=O) groups is 2. The molecule has 112 valence electrons. The van der Waals surface area contributed by atoms with E-state index in [4.69, 9.17) is 10.5 Å². The van der Waals surface area contributed by atoms with E-state index in [1.807, 2.05) is 0 Å². The Labute approximate surface area is 119 Å². The van der Waals surface area contributed by atoms with E-state index in [2.05, 4.69) is 5.32 Å². The van der Waals surface area contributed by atoms with Crippen LogP contribution in [-0.2, 0) is 14.3 Å². The first-order valence-corrected chi connectivity index (χ1v) is 7.88. The molecule has 5 heteroatoms. The van der Waals surface area contributed by atoms with E-state index in [0.717, 1.165) is 32.2 Å². The summed E-state index contributed by atoms with van der Waals surface area (Å²) >= 11 is 0. The molecule has 2 aliphatic heterocycles. The molecule has 0 amide bonds. The number of rotatable bonds is 4. The molecule has 3 rings (SSSR count). The first kappa shape index (κ1) is 14.2. The van der Waals surface area contributed by atoms with Crippen molar-refractivity contribution in [2.45, 2.75) is 69.2 Å². The minimum atomic E-state index is -0.924. The molecule has 1 saturated carbocycles. The lowest BCUT2D eigenvalue weighted by atomic mass is 9.92. The van der Waals surface area contributed by atoms with E-state index in [9.17, 15) is 9.59 Å². The zero-order valence-electron chi connectivity index (χ0n) is 11.8. The number of nitrogens with two attached hydrogens (primary N) is 1. The molecule has 1 aliphatic carbocycles. The number of ketones is 2. The van der Waals surface area contributed by atoms with Gasteiger partial charge in [0.15, 0.2) is 17.7 Å². The summed E-state index contributed by atoms with van der Waals surface area (Å²) < 4.78 is 5.68. The quantitative estimate of drug-likeness (QED) is 0.735.